The number of fused-ring (bicyclic) bond motifs is 2. The fourth-order valence-electron chi connectivity index (χ4n) is 4.92. The van der Waals surface area contributed by atoms with Crippen LogP contribution in [-0.4, -0.2) is 24.2 Å². The molecule has 22 heavy (non-hydrogen) atoms. The normalized spacial score (nSPS) is 30.0. The molecular formula is C19H27ClN2. The first-order valence-electron chi connectivity index (χ1n) is 8.90. The van der Waals surface area contributed by atoms with Gasteiger partial charge in [-0.2, -0.15) is 0 Å². The Morgan fingerprint density at radius 1 is 1.09 bits per heavy atom. The van der Waals surface area contributed by atoms with Gasteiger partial charge >= 0.3 is 0 Å². The van der Waals surface area contributed by atoms with Crippen molar-refractivity contribution in [1.29, 1.82) is 0 Å². The number of piperazine rings is 1. The molecule has 0 spiro atoms. The van der Waals surface area contributed by atoms with Crippen molar-refractivity contribution in [2.45, 2.75) is 76.4 Å². The molecule has 3 heteroatoms. The molecule has 0 bridgehead atoms. The molecule has 2 atom stereocenters. The summed E-state index contributed by atoms with van der Waals surface area (Å²) in [7, 11) is 0. The maximum Gasteiger partial charge on any atom is 0.0444 e. The van der Waals surface area contributed by atoms with E-state index in [-0.39, 0.29) is 5.54 Å². The quantitative estimate of drug-likeness (QED) is 0.829. The van der Waals surface area contributed by atoms with E-state index in [0.717, 1.165) is 18.0 Å². The molecule has 0 aromatic heterocycles. The lowest BCUT2D eigenvalue weighted by Gasteiger charge is -2.52. The highest BCUT2D eigenvalue weighted by molar-refractivity contribution is 6.31. The van der Waals surface area contributed by atoms with Crippen molar-refractivity contribution >= 4 is 17.3 Å². The number of halogens is 1. The van der Waals surface area contributed by atoms with E-state index in [4.69, 9.17) is 11.6 Å². The average molecular weight is 319 g/mol. The standard InChI is InChI=1S/C19H27ClN2/c1-19(2)12-22(18-9-4-3-8-16(18)21-19)17-11-10-15(20)13-6-5-7-14(13)17/h10-11,16,18,21H,3-9,12H2,1-2H3. The zero-order valence-electron chi connectivity index (χ0n) is 13.8. The second kappa shape index (κ2) is 5.42. The van der Waals surface area contributed by atoms with Gasteiger partial charge in [-0.15, -0.1) is 0 Å². The SMILES string of the molecule is CC1(C)CN(c2ccc(Cl)c3c2CCC3)C2CCCCC2N1. The van der Waals surface area contributed by atoms with Crippen LogP contribution in [0.3, 0.4) is 0 Å². The predicted octanol–water partition coefficient (Wildman–Crippen LogP) is 4.33. The zero-order valence-corrected chi connectivity index (χ0v) is 14.5. The number of hydrogen-bond donors (Lipinski definition) is 1. The van der Waals surface area contributed by atoms with Gasteiger partial charge in [0.1, 0.15) is 0 Å². The first-order valence-corrected chi connectivity index (χ1v) is 9.27. The Labute approximate surface area is 139 Å². The fraction of sp³-hybridized carbons (Fsp3) is 0.684. The van der Waals surface area contributed by atoms with Gasteiger partial charge in [-0.3, -0.25) is 0 Å². The van der Waals surface area contributed by atoms with Crippen LogP contribution in [-0.2, 0) is 12.8 Å². The van der Waals surface area contributed by atoms with Crippen LogP contribution in [0.15, 0.2) is 12.1 Å². The highest BCUT2D eigenvalue weighted by atomic mass is 35.5. The number of nitrogens with one attached hydrogen (secondary N) is 1. The Bertz CT molecular complexity index is 581. The van der Waals surface area contributed by atoms with Crippen molar-refractivity contribution in [3.8, 4) is 0 Å². The van der Waals surface area contributed by atoms with E-state index in [9.17, 15) is 0 Å². The predicted molar refractivity (Wildman–Crippen MR) is 94.1 cm³/mol. The third-order valence-corrected chi connectivity index (χ3v) is 6.14. The van der Waals surface area contributed by atoms with E-state index >= 15 is 0 Å². The zero-order chi connectivity index (χ0) is 15.3. The molecule has 1 aromatic rings. The molecule has 0 amide bonds. The summed E-state index contributed by atoms with van der Waals surface area (Å²) in [6, 6.07) is 5.73. The Balaban J connectivity index is 1.75. The van der Waals surface area contributed by atoms with Crippen molar-refractivity contribution in [3.63, 3.8) is 0 Å². The maximum atomic E-state index is 6.44. The van der Waals surface area contributed by atoms with Crippen LogP contribution in [0.5, 0.6) is 0 Å². The first kappa shape index (κ1) is 14.8. The Hall–Kier alpha value is -0.730. The van der Waals surface area contributed by atoms with Gasteiger partial charge in [0.2, 0.25) is 0 Å². The molecule has 1 N–H and O–H groups in total. The van der Waals surface area contributed by atoms with Gasteiger partial charge in [0.25, 0.3) is 0 Å². The molecule has 4 rings (SSSR count). The molecular weight excluding hydrogens is 292 g/mol. The van der Waals surface area contributed by atoms with Crippen LogP contribution in [0.4, 0.5) is 5.69 Å². The topological polar surface area (TPSA) is 15.3 Å². The van der Waals surface area contributed by atoms with E-state index < -0.39 is 0 Å². The molecule has 1 saturated carbocycles. The van der Waals surface area contributed by atoms with Crippen LogP contribution < -0.4 is 10.2 Å². The van der Waals surface area contributed by atoms with Gasteiger partial charge in [-0.1, -0.05) is 24.4 Å². The molecule has 1 saturated heterocycles. The molecule has 0 radical (unpaired) electrons. The summed E-state index contributed by atoms with van der Waals surface area (Å²) in [5.41, 5.74) is 4.62. The third kappa shape index (κ3) is 2.45. The molecule has 2 fully saturated rings. The van der Waals surface area contributed by atoms with Gasteiger partial charge in [-0.25, -0.2) is 0 Å². The molecule has 2 aliphatic carbocycles. The summed E-state index contributed by atoms with van der Waals surface area (Å²) in [5, 5.41) is 4.88. The van der Waals surface area contributed by atoms with Crippen molar-refractivity contribution in [2.75, 3.05) is 11.4 Å². The lowest BCUT2D eigenvalue weighted by molar-refractivity contribution is 0.199. The Morgan fingerprint density at radius 2 is 1.86 bits per heavy atom. The second-order valence-corrected chi connectivity index (χ2v) is 8.40. The van der Waals surface area contributed by atoms with Crippen LogP contribution in [0.2, 0.25) is 5.02 Å². The number of rotatable bonds is 1. The molecule has 2 unspecified atom stereocenters. The summed E-state index contributed by atoms with van der Waals surface area (Å²) in [6.07, 6.45) is 9.01. The van der Waals surface area contributed by atoms with E-state index in [1.807, 2.05) is 0 Å². The molecule has 3 aliphatic rings. The van der Waals surface area contributed by atoms with Gasteiger partial charge in [0.15, 0.2) is 0 Å². The number of anilines is 1. The van der Waals surface area contributed by atoms with Crippen molar-refractivity contribution in [1.82, 2.24) is 5.32 Å². The Kier molecular flexibility index (Phi) is 3.65. The summed E-state index contributed by atoms with van der Waals surface area (Å²) < 4.78 is 0. The van der Waals surface area contributed by atoms with Crippen molar-refractivity contribution in [3.05, 3.63) is 28.3 Å². The minimum atomic E-state index is 0.184. The second-order valence-electron chi connectivity index (χ2n) is 7.99. The molecule has 2 nitrogen and oxygen atoms in total. The fourth-order valence-corrected chi connectivity index (χ4v) is 5.19. The van der Waals surface area contributed by atoms with Crippen LogP contribution >= 0.6 is 11.6 Å². The van der Waals surface area contributed by atoms with Gasteiger partial charge in [-0.05, 0) is 69.2 Å². The lowest BCUT2D eigenvalue weighted by atomic mass is 9.82. The largest absolute Gasteiger partial charge is 0.365 e. The monoisotopic (exact) mass is 318 g/mol. The van der Waals surface area contributed by atoms with Crippen molar-refractivity contribution in [2.24, 2.45) is 0 Å². The van der Waals surface area contributed by atoms with Gasteiger partial charge < -0.3 is 10.2 Å². The molecule has 1 aliphatic heterocycles. The summed E-state index contributed by atoms with van der Waals surface area (Å²) in [4.78, 5) is 2.72. The Morgan fingerprint density at radius 3 is 2.73 bits per heavy atom. The maximum absolute atomic E-state index is 6.44. The highest BCUT2D eigenvalue weighted by Gasteiger charge is 2.41. The van der Waals surface area contributed by atoms with Gasteiger partial charge in [0, 0.05) is 34.9 Å². The van der Waals surface area contributed by atoms with Crippen LogP contribution in [0, 0.1) is 0 Å². The minimum Gasteiger partial charge on any atom is -0.365 e. The van der Waals surface area contributed by atoms with Crippen LogP contribution in [0.1, 0.15) is 57.1 Å². The summed E-state index contributed by atoms with van der Waals surface area (Å²) in [5.74, 6) is 0. The molecule has 120 valence electrons. The number of hydrogen-bond acceptors (Lipinski definition) is 2. The van der Waals surface area contributed by atoms with E-state index in [0.29, 0.717) is 12.1 Å². The number of nitrogens with zero attached hydrogens (tertiary/aromatic N) is 1. The number of benzene rings is 1. The highest BCUT2D eigenvalue weighted by Crippen LogP contribution is 2.40. The third-order valence-electron chi connectivity index (χ3n) is 5.78. The molecule has 1 aromatic carbocycles. The van der Waals surface area contributed by atoms with Crippen molar-refractivity contribution < 1.29 is 0 Å². The smallest absolute Gasteiger partial charge is 0.0444 e. The summed E-state index contributed by atoms with van der Waals surface area (Å²) >= 11 is 6.44. The molecule has 1 heterocycles. The minimum absolute atomic E-state index is 0.184. The summed E-state index contributed by atoms with van der Waals surface area (Å²) in [6.45, 7) is 5.80. The lowest BCUT2D eigenvalue weighted by Crippen LogP contribution is -2.67. The van der Waals surface area contributed by atoms with Crippen LogP contribution in [0.25, 0.3) is 0 Å². The van der Waals surface area contributed by atoms with E-state index in [2.05, 4.69) is 36.2 Å². The first-order chi connectivity index (χ1) is 10.6. The average Bonchev–Trinajstić information content (AvgIpc) is 2.96. The van der Waals surface area contributed by atoms with E-state index in [1.54, 1.807) is 0 Å². The van der Waals surface area contributed by atoms with E-state index in [1.165, 1.54) is 55.3 Å². The van der Waals surface area contributed by atoms with Gasteiger partial charge in [0.05, 0.1) is 0 Å².